The lowest BCUT2D eigenvalue weighted by Crippen LogP contribution is -2.48. The predicted molar refractivity (Wildman–Crippen MR) is 79.5 cm³/mol. The van der Waals surface area contributed by atoms with Crippen molar-refractivity contribution in [1.29, 1.82) is 0 Å². The summed E-state index contributed by atoms with van der Waals surface area (Å²) in [7, 11) is 0. The van der Waals surface area contributed by atoms with E-state index in [4.69, 9.17) is 5.73 Å². The van der Waals surface area contributed by atoms with Gasteiger partial charge in [-0.3, -0.25) is 4.79 Å². The molecule has 0 aromatic carbocycles. The van der Waals surface area contributed by atoms with Crippen LogP contribution in [0.2, 0.25) is 0 Å². The predicted octanol–water partition coefficient (Wildman–Crippen LogP) is 0.732. The van der Waals surface area contributed by atoms with Gasteiger partial charge >= 0.3 is 0 Å². The van der Waals surface area contributed by atoms with E-state index < -0.39 is 0 Å². The number of halogens is 2. The van der Waals surface area contributed by atoms with Crippen molar-refractivity contribution in [2.75, 3.05) is 37.7 Å². The number of hydrogen-bond acceptors (Lipinski definition) is 4. The second-order valence-electron chi connectivity index (χ2n) is 3.76. The van der Waals surface area contributed by atoms with Gasteiger partial charge in [-0.2, -0.15) is 11.8 Å². The molecule has 0 saturated carbocycles. The second-order valence-corrected chi connectivity index (χ2v) is 4.98. The van der Waals surface area contributed by atoms with Crippen LogP contribution in [0.4, 0.5) is 0 Å². The quantitative estimate of drug-likeness (QED) is 0.735. The lowest BCUT2D eigenvalue weighted by atomic mass is 10.2. The standard InChI is InChI=1S/C10H21N3OS.2ClH/c1-9(12-4-2-3-11)10(14)13-5-7-15-8-6-13;;/h9,12H,2-8,11H2,1H3;2*1H/t9-;;/m0../s1. The summed E-state index contributed by atoms with van der Waals surface area (Å²) in [6, 6.07) is -0.0698. The van der Waals surface area contributed by atoms with Crippen LogP contribution in [0.5, 0.6) is 0 Å². The van der Waals surface area contributed by atoms with E-state index in [9.17, 15) is 4.79 Å². The van der Waals surface area contributed by atoms with Crippen LogP contribution in [0, 0.1) is 0 Å². The molecule has 0 unspecified atom stereocenters. The van der Waals surface area contributed by atoms with E-state index in [1.165, 1.54) is 0 Å². The molecule has 0 radical (unpaired) electrons. The maximum atomic E-state index is 11.9. The van der Waals surface area contributed by atoms with Crippen LogP contribution in [0.15, 0.2) is 0 Å². The summed E-state index contributed by atoms with van der Waals surface area (Å²) < 4.78 is 0. The molecule has 7 heteroatoms. The number of nitrogens with zero attached hydrogens (tertiary/aromatic N) is 1. The fourth-order valence-electron chi connectivity index (χ4n) is 1.57. The first-order chi connectivity index (χ1) is 7.25. The molecule has 104 valence electrons. The molecule has 1 saturated heterocycles. The molecule has 0 aromatic heterocycles. The van der Waals surface area contributed by atoms with Gasteiger partial charge in [0.15, 0.2) is 0 Å². The van der Waals surface area contributed by atoms with E-state index in [0.717, 1.165) is 37.6 Å². The molecule has 4 nitrogen and oxygen atoms in total. The van der Waals surface area contributed by atoms with E-state index >= 15 is 0 Å². The third-order valence-corrected chi connectivity index (χ3v) is 3.47. The Kier molecular flexibility index (Phi) is 13.2. The Balaban J connectivity index is 0. The molecule has 1 fully saturated rings. The van der Waals surface area contributed by atoms with Gasteiger partial charge in [-0.05, 0) is 26.4 Å². The van der Waals surface area contributed by atoms with Crippen molar-refractivity contribution in [3.8, 4) is 0 Å². The summed E-state index contributed by atoms with van der Waals surface area (Å²) in [5.74, 6) is 2.37. The maximum absolute atomic E-state index is 11.9. The fraction of sp³-hybridized carbons (Fsp3) is 0.900. The Morgan fingerprint density at radius 3 is 2.53 bits per heavy atom. The lowest BCUT2D eigenvalue weighted by molar-refractivity contribution is -0.132. The van der Waals surface area contributed by atoms with Crippen LogP contribution < -0.4 is 11.1 Å². The number of nitrogens with two attached hydrogens (primary N) is 1. The van der Waals surface area contributed by atoms with Crippen LogP contribution >= 0.6 is 36.6 Å². The van der Waals surface area contributed by atoms with E-state index in [0.29, 0.717) is 6.54 Å². The zero-order valence-corrected chi connectivity index (χ0v) is 12.6. The van der Waals surface area contributed by atoms with Gasteiger partial charge in [0.05, 0.1) is 6.04 Å². The Bertz CT molecular complexity index is 204. The minimum Gasteiger partial charge on any atom is -0.340 e. The minimum atomic E-state index is -0.0698. The number of thioether (sulfide) groups is 1. The smallest absolute Gasteiger partial charge is 0.239 e. The third-order valence-electron chi connectivity index (χ3n) is 2.52. The molecule has 17 heavy (non-hydrogen) atoms. The molecule has 1 heterocycles. The number of amides is 1. The van der Waals surface area contributed by atoms with Gasteiger partial charge in [-0.25, -0.2) is 0 Å². The summed E-state index contributed by atoms with van der Waals surface area (Å²) >= 11 is 1.92. The average Bonchev–Trinajstić information content (AvgIpc) is 2.29. The molecule has 0 aromatic rings. The Labute approximate surface area is 120 Å². The van der Waals surface area contributed by atoms with Crippen LogP contribution in [-0.4, -0.2) is 54.5 Å². The van der Waals surface area contributed by atoms with Gasteiger partial charge < -0.3 is 16.0 Å². The number of carbonyl (C=O) groups excluding carboxylic acids is 1. The topological polar surface area (TPSA) is 58.4 Å². The van der Waals surface area contributed by atoms with Crippen LogP contribution in [0.25, 0.3) is 0 Å². The molecule has 1 aliphatic heterocycles. The van der Waals surface area contributed by atoms with Gasteiger partial charge in [0.25, 0.3) is 0 Å². The first-order valence-electron chi connectivity index (χ1n) is 5.55. The lowest BCUT2D eigenvalue weighted by Gasteiger charge is -2.29. The Morgan fingerprint density at radius 2 is 2.00 bits per heavy atom. The van der Waals surface area contributed by atoms with E-state index in [1.54, 1.807) is 0 Å². The molecule has 1 rings (SSSR count). The van der Waals surface area contributed by atoms with Crippen molar-refractivity contribution < 1.29 is 4.79 Å². The molecule has 1 atom stereocenters. The summed E-state index contributed by atoms with van der Waals surface area (Å²) in [6.45, 7) is 5.22. The number of nitrogens with one attached hydrogen (secondary N) is 1. The Hall–Kier alpha value is 0.320. The molecule has 3 N–H and O–H groups in total. The first kappa shape index (κ1) is 19.7. The summed E-state index contributed by atoms with van der Waals surface area (Å²) in [6.07, 6.45) is 0.924. The third kappa shape index (κ3) is 7.36. The molecule has 1 aliphatic rings. The van der Waals surface area contributed by atoms with Gasteiger partial charge in [-0.15, -0.1) is 24.8 Å². The van der Waals surface area contributed by atoms with Crippen molar-refractivity contribution in [2.24, 2.45) is 5.73 Å². The molecule has 0 bridgehead atoms. The highest BCUT2D eigenvalue weighted by molar-refractivity contribution is 7.99. The fourth-order valence-corrected chi connectivity index (χ4v) is 2.47. The minimum absolute atomic E-state index is 0. The van der Waals surface area contributed by atoms with Gasteiger partial charge in [0.1, 0.15) is 0 Å². The summed E-state index contributed by atoms with van der Waals surface area (Å²) in [5, 5.41) is 3.20. The monoisotopic (exact) mass is 303 g/mol. The van der Waals surface area contributed by atoms with Gasteiger partial charge in [0.2, 0.25) is 5.91 Å². The zero-order chi connectivity index (χ0) is 11.1. The van der Waals surface area contributed by atoms with Crippen molar-refractivity contribution in [3.63, 3.8) is 0 Å². The van der Waals surface area contributed by atoms with Crippen molar-refractivity contribution in [3.05, 3.63) is 0 Å². The van der Waals surface area contributed by atoms with E-state index in [1.807, 2.05) is 23.6 Å². The highest BCUT2D eigenvalue weighted by Crippen LogP contribution is 2.10. The van der Waals surface area contributed by atoms with Crippen LogP contribution in [0.1, 0.15) is 13.3 Å². The van der Waals surface area contributed by atoms with E-state index in [-0.39, 0.29) is 36.8 Å². The van der Waals surface area contributed by atoms with Crippen LogP contribution in [-0.2, 0) is 4.79 Å². The highest BCUT2D eigenvalue weighted by atomic mass is 35.5. The van der Waals surface area contributed by atoms with Crippen LogP contribution in [0.3, 0.4) is 0 Å². The van der Waals surface area contributed by atoms with Crippen molar-refractivity contribution in [1.82, 2.24) is 10.2 Å². The SMILES string of the molecule is C[C@H](NCCCN)C(=O)N1CCSCC1.Cl.Cl. The number of rotatable bonds is 5. The summed E-state index contributed by atoms with van der Waals surface area (Å²) in [4.78, 5) is 13.9. The van der Waals surface area contributed by atoms with Crippen molar-refractivity contribution >= 4 is 42.5 Å². The first-order valence-corrected chi connectivity index (χ1v) is 6.71. The number of hydrogen-bond donors (Lipinski definition) is 2. The molecular weight excluding hydrogens is 281 g/mol. The van der Waals surface area contributed by atoms with Gasteiger partial charge in [0, 0.05) is 24.6 Å². The normalized spacial score (nSPS) is 16.7. The zero-order valence-electron chi connectivity index (χ0n) is 10.2. The average molecular weight is 304 g/mol. The summed E-state index contributed by atoms with van der Waals surface area (Å²) in [5.41, 5.74) is 5.40. The molecule has 1 amide bonds. The van der Waals surface area contributed by atoms with Gasteiger partial charge in [-0.1, -0.05) is 0 Å². The molecular formula is C10H23Cl2N3OS. The maximum Gasteiger partial charge on any atom is 0.239 e. The largest absolute Gasteiger partial charge is 0.340 e. The number of carbonyl (C=O) groups is 1. The molecule has 0 aliphatic carbocycles. The highest BCUT2D eigenvalue weighted by Gasteiger charge is 2.21. The second kappa shape index (κ2) is 11.4. The van der Waals surface area contributed by atoms with E-state index in [2.05, 4.69) is 5.32 Å². The molecule has 0 spiro atoms. The Morgan fingerprint density at radius 1 is 1.41 bits per heavy atom. The van der Waals surface area contributed by atoms with Crippen molar-refractivity contribution in [2.45, 2.75) is 19.4 Å².